The van der Waals surface area contributed by atoms with Crippen LogP contribution >= 0.6 is 0 Å². The fourth-order valence-electron chi connectivity index (χ4n) is 2.98. The molecule has 0 unspecified atom stereocenters. The largest absolute Gasteiger partial charge is 0.496 e. The van der Waals surface area contributed by atoms with E-state index in [2.05, 4.69) is 0 Å². The fraction of sp³-hybridized carbons (Fsp3) is 0.450. The van der Waals surface area contributed by atoms with Crippen molar-refractivity contribution in [2.75, 3.05) is 13.7 Å². The SMILES string of the molecule is COc1cc2c(c3oc(=O)ccc13)C[C@H](C(C)(C)OCC=C(C)C)O2. The number of hydrogen-bond donors (Lipinski definition) is 0. The highest BCUT2D eigenvalue weighted by atomic mass is 16.6. The molecular weight excluding hydrogens is 320 g/mol. The van der Waals surface area contributed by atoms with Crippen LogP contribution < -0.4 is 15.1 Å². The summed E-state index contributed by atoms with van der Waals surface area (Å²) in [6.07, 6.45) is 2.49. The number of fused-ring (bicyclic) bond motifs is 3. The third-order valence-electron chi connectivity index (χ3n) is 4.53. The van der Waals surface area contributed by atoms with E-state index in [-0.39, 0.29) is 11.7 Å². The molecule has 0 amide bonds. The van der Waals surface area contributed by atoms with Crippen LogP contribution in [-0.2, 0) is 11.2 Å². The first-order valence-corrected chi connectivity index (χ1v) is 8.39. The van der Waals surface area contributed by atoms with Gasteiger partial charge in [-0.25, -0.2) is 4.79 Å². The summed E-state index contributed by atoms with van der Waals surface area (Å²) in [5.74, 6) is 1.31. The molecule has 1 aliphatic heterocycles. The Balaban J connectivity index is 1.94. The van der Waals surface area contributed by atoms with Crippen molar-refractivity contribution in [1.29, 1.82) is 0 Å². The van der Waals surface area contributed by atoms with Gasteiger partial charge in [0, 0.05) is 24.1 Å². The van der Waals surface area contributed by atoms with Gasteiger partial charge in [0.15, 0.2) is 0 Å². The van der Waals surface area contributed by atoms with Gasteiger partial charge in [0.25, 0.3) is 0 Å². The lowest BCUT2D eigenvalue weighted by atomic mass is 9.96. The molecule has 1 aromatic heterocycles. The van der Waals surface area contributed by atoms with Crippen LogP contribution in [0.15, 0.2) is 39.1 Å². The summed E-state index contributed by atoms with van der Waals surface area (Å²) in [7, 11) is 1.59. The Labute approximate surface area is 147 Å². The lowest BCUT2D eigenvalue weighted by Gasteiger charge is -2.30. The number of ether oxygens (including phenoxy) is 3. The second-order valence-electron chi connectivity index (χ2n) is 7.06. The van der Waals surface area contributed by atoms with E-state index in [1.165, 1.54) is 11.6 Å². The Bertz CT molecular complexity index is 872. The molecule has 0 saturated carbocycles. The van der Waals surface area contributed by atoms with E-state index < -0.39 is 5.60 Å². The van der Waals surface area contributed by atoms with Crippen molar-refractivity contribution in [2.24, 2.45) is 0 Å². The molecule has 0 bridgehead atoms. The fourth-order valence-corrected chi connectivity index (χ4v) is 2.98. The molecule has 134 valence electrons. The summed E-state index contributed by atoms with van der Waals surface area (Å²) in [5, 5.41) is 0.772. The third kappa shape index (κ3) is 3.42. The van der Waals surface area contributed by atoms with Crippen LogP contribution in [0.1, 0.15) is 33.3 Å². The second kappa shape index (κ2) is 6.56. The average Bonchev–Trinajstić information content (AvgIpc) is 2.98. The zero-order valence-electron chi connectivity index (χ0n) is 15.3. The minimum absolute atomic E-state index is 0.172. The van der Waals surface area contributed by atoms with Crippen LogP contribution in [0, 0.1) is 0 Å². The lowest BCUT2D eigenvalue weighted by molar-refractivity contribution is -0.0725. The molecule has 5 nitrogen and oxygen atoms in total. The number of rotatable bonds is 5. The number of allylic oxidation sites excluding steroid dienone is 1. The Morgan fingerprint density at radius 2 is 2.12 bits per heavy atom. The molecule has 1 aromatic carbocycles. The van der Waals surface area contributed by atoms with Crippen LogP contribution in [0.4, 0.5) is 0 Å². The number of methoxy groups -OCH3 is 1. The van der Waals surface area contributed by atoms with Crippen molar-refractivity contribution in [1.82, 2.24) is 0 Å². The van der Waals surface area contributed by atoms with Gasteiger partial charge in [0.1, 0.15) is 28.8 Å². The van der Waals surface area contributed by atoms with Crippen LogP contribution in [0.3, 0.4) is 0 Å². The van der Waals surface area contributed by atoms with Gasteiger partial charge < -0.3 is 18.6 Å². The first-order chi connectivity index (χ1) is 11.8. The molecule has 1 atom stereocenters. The van der Waals surface area contributed by atoms with Crippen molar-refractivity contribution < 1.29 is 18.6 Å². The van der Waals surface area contributed by atoms with E-state index in [1.807, 2.05) is 39.8 Å². The molecule has 0 radical (unpaired) electrons. The van der Waals surface area contributed by atoms with E-state index in [0.717, 1.165) is 10.9 Å². The zero-order valence-corrected chi connectivity index (χ0v) is 15.3. The quantitative estimate of drug-likeness (QED) is 0.609. The standard InChI is InChI=1S/C20H24O5/c1-12(2)8-9-23-20(3,4)17-10-14-16(24-17)11-15(22-5)13-6-7-18(21)25-19(13)14/h6-8,11,17H,9-10H2,1-5H3/t17-/m1/s1. The Hall–Kier alpha value is -2.27. The van der Waals surface area contributed by atoms with Crippen molar-refractivity contribution in [3.05, 3.63) is 45.8 Å². The van der Waals surface area contributed by atoms with Crippen molar-refractivity contribution in [2.45, 2.75) is 45.8 Å². The molecule has 0 fully saturated rings. The molecule has 2 aromatic rings. The summed E-state index contributed by atoms with van der Waals surface area (Å²) >= 11 is 0. The van der Waals surface area contributed by atoms with Crippen LogP contribution in [0.25, 0.3) is 11.0 Å². The van der Waals surface area contributed by atoms with Crippen LogP contribution in [0.2, 0.25) is 0 Å². The summed E-state index contributed by atoms with van der Waals surface area (Å²) in [6, 6.07) is 4.98. The monoisotopic (exact) mass is 344 g/mol. The lowest BCUT2D eigenvalue weighted by Crippen LogP contribution is -2.42. The van der Waals surface area contributed by atoms with Crippen LogP contribution in [-0.4, -0.2) is 25.4 Å². The molecular formula is C20H24O5. The summed E-state index contributed by atoms with van der Waals surface area (Å²) < 4.78 is 23.0. The predicted octanol–water partition coefficient (Wildman–Crippen LogP) is 3.87. The molecule has 0 N–H and O–H groups in total. The third-order valence-corrected chi connectivity index (χ3v) is 4.53. The summed E-state index contributed by atoms with van der Waals surface area (Å²) in [6.45, 7) is 8.64. The van der Waals surface area contributed by atoms with Gasteiger partial charge in [0.05, 0.1) is 19.1 Å². The topological polar surface area (TPSA) is 57.9 Å². The Morgan fingerprint density at radius 3 is 2.80 bits per heavy atom. The van der Waals surface area contributed by atoms with Crippen molar-refractivity contribution in [3.8, 4) is 11.5 Å². The van der Waals surface area contributed by atoms with Gasteiger partial charge in [-0.2, -0.15) is 0 Å². The highest BCUT2D eigenvalue weighted by Crippen LogP contribution is 2.42. The molecule has 3 rings (SSSR count). The van der Waals surface area contributed by atoms with E-state index in [0.29, 0.717) is 30.1 Å². The van der Waals surface area contributed by atoms with E-state index in [1.54, 1.807) is 13.2 Å². The van der Waals surface area contributed by atoms with Gasteiger partial charge in [0.2, 0.25) is 0 Å². The highest BCUT2D eigenvalue weighted by Gasteiger charge is 2.39. The minimum Gasteiger partial charge on any atom is -0.496 e. The second-order valence-corrected chi connectivity index (χ2v) is 7.06. The first kappa shape index (κ1) is 17.5. The van der Waals surface area contributed by atoms with E-state index >= 15 is 0 Å². The van der Waals surface area contributed by atoms with Gasteiger partial charge in [-0.1, -0.05) is 11.6 Å². The molecule has 2 heterocycles. The van der Waals surface area contributed by atoms with E-state index in [4.69, 9.17) is 18.6 Å². The Kier molecular flexibility index (Phi) is 4.60. The summed E-state index contributed by atoms with van der Waals surface area (Å²) in [4.78, 5) is 11.7. The minimum atomic E-state index is -0.487. The van der Waals surface area contributed by atoms with Gasteiger partial charge >= 0.3 is 5.63 Å². The molecule has 0 saturated heterocycles. The molecule has 25 heavy (non-hydrogen) atoms. The predicted molar refractivity (Wildman–Crippen MR) is 96.6 cm³/mol. The first-order valence-electron chi connectivity index (χ1n) is 8.39. The van der Waals surface area contributed by atoms with Crippen molar-refractivity contribution >= 4 is 11.0 Å². The van der Waals surface area contributed by atoms with Crippen LogP contribution in [0.5, 0.6) is 11.5 Å². The average molecular weight is 344 g/mol. The zero-order chi connectivity index (χ0) is 18.2. The highest BCUT2D eigenvalue weighted by molar-refractivity contribution is 5.88. The summed E-state index contributed by atoms with van der Waals surface area (Å²) in [5.41, 5.74) is 1.76. The van der Waals surface area contributed by atoms with E-state index in [9.17, 15) is 4.79 Å². The molecule has 0 spiro atoms. The normalized spacial score (nSPS) is 16.4. The van der Waals surface area contributed by atoms with Gasteiger partial charge in [-0.3, -0.25) is 0 Å². The maximum Gasteiger partial charge on any atom is 0.336 e. The van der Waals surface area contributed by atoms with Gasteiger partial charge in [-0.05, 0) is 33.8 Å². The smallest absolute Gasteiger partial charge is 0.336 e. The van der Waals surface area contributed by atoms with Crippen molar-refractivity contribution in [3.63, 3.8) is 0 Å². The number of benzene rings is 1. The molecule has 0 aliphatic carbocycles. The molecule has 5 heteroatoms. The maximum absolute atomic E-state index is 11.7. The van der Waals surface area contributed by atoms with Gasteiger partial charge in [-0.15, -0.1) is 0 Å². The molecule has 1 aliphatic rings. The maximum atomic E-state index is 11.7. The number of hydrogen-bond acceptors (Lipinski definition) is 5. The Morgan fingerprint density at radius 1 is 1.36 bits per heavy atom.